The van der Waals surface area contributed by atoms with Crippen LogP contribution in [0.15, 0.2) is 0 Å². The third-order valence-electron chi connectivity index (χ3n) is 0. The fourth-order valence-corrected chi connectivity index (χ4v) is 0. The Bertz CT molecular complexity index is 35.0. The SMILES string of the molecule is [CH2-]C[CH2-].[O]=[Mo+4].[O]=[Mo].[S-]C[S-].[SH-].[SH-]. The van der Waals surface area contributed by atoms with Crippen LogP contribution in [0.25, 0.3) is 0 Å². The average Bonchev–Trinajstić information content (AvgIpc) is 1.99. The molecule has 0 aliphatic rings. The van der Waals surface area contributed by atoms with Gasteiger partial charge in [0.05, 0.1) is 0 Å². The second-order valence-corrected chi connectivity index (χ2v) is 1.41. The molecule has 0 heterocycles. The first-order valence-electron chi connectivity index (χ1n) is 1.91. The second kappa shape index (κ2) is 107. The molecule has 0 atom stereocenters. The van der Waals surface area contributed by atoms with E-state index in [-0.39, 0.29) is 27.0 Å². The van der Waals surface area contributed by atoms with E-state index in [9.17, 15) is 0 Å². The van der Waals surface area contributed by atoms with Gasteiger partial charge in [0.25, 0.3) is 0 Å². The van der Waals surface area contributed by atoms with Gasteiger partial charge in [-0.1, -0.05) is 0 Å². The summed E-state index contributed by atoms with van der Waals surface area (Å²) in [5, 5.41) is 0.417. The molecule has 0 N–H and O–H groups in total. The minimum absolute atomic E-state index is 0. The standard InChI is InChI=1S/C3H6.CH4S2.2Mo.2O.2H2S/c1-3-2;2-1-3;;;;;;/h1-3H2;2-3H,1H2;;;;;2*1H2/q-2;;;+4;;;;/p-4. The van der Waals surface area contributed by atoms with Crippen molar-refractivity contribution in [1.29, 1.82) is 0 Å². The molecule has 0 rings (SSSR count). The number of rotatable bonds is 0. The van der Waals surface area contributed by atoms with E-state index >= 15 is 0 Å². The Balaban J connectivity index is -0.00000000967. The summed E-state index contributed by atoms with van der Waals surface area (Å²) in [4.78, 5) is 0. The van der Waals surface area contributed by atoms with Crippen LogP contribution in [-0.2, 0) is 98.6 Å². The Morgan fingerprint density at radius 3 is 1.08 bits per heavy atom. The molecule has 0 aromatic carbocycles. The zero-order valence-corrected chi connectivity index (χ0v) is 13.6. The minimum atomic E-state index is 0. The van der Waals surface area contributed by atoms with Crippen molar-refractivity contribution in [3.8, 4) is 0 Å². The number of thiol groups is 2. The van der Waals surface area contributed by atoms with Crippen LogP contribution < -0.4 is 0 Å². The predicted octanol–water partition coefficient (Wildman–Crippen LogP) is 0.300. The third kappa shape index (κ3) is 284. The van der Waals surface area contributed by atoms with Crippen LogP contribution in [-0.4, -0.2) is 5.08 Å². The van der Waals surface area contributed by atoms with E-state index < -0.39 is 0 Å². The fraction of sp³-hybridized carbons (Fsp3) is 0.500. The van der Waals surface area contributed by atoms with E-state index in [1.54, 1.807) is 0 Å². The van der Waals surface area contributed by atoms with E-state index in [0.717, 1.165) is 6.42 Å². The number of hydrogen-bond acceptors (Lipinski definition) is 6. The Kier molecular flexibility index (Phi) is 327. The van der Waals surface area contributed by atoms with Gasteiger partial charge >= 0.3 is 46.3 Å². The first-order chi connectivity index (χ1) is 4.83. The van der Waals surface area contributed by atoms with E-state index in [1.165, 1.54) is 0 Å². The molecule has 0 amide bonds. The minimum Gasteiger partial charge on any atom is -0.818 e. The Morgan fingerprint density at radius 2 is 1.08 bits per heavy atom. The van der Waals surface area contributed by atoms with Crippen LogP contribution in [0.5, 0.6) is 0 Å². The van der Waals surface area contributed by atoms with Crippen molar-refractivity contribution >= 4 is 52.2 Å². The van der Waals surface area contributed by atoms with Gasteiger partial charge in [-0.15, -0.1) is 0 Å². The summed E-state index contributed by atoms with van der Waals surface area (Å²) in [5.41, 5.74) is 0. The quantitative estimate of drug-likeness (QED) is 0.248. The zero-order chi connectivity index (χ0) is 9.41. The smallest absolute Gasteiger partial charge is 0.307 e. The van der Waals surface area contributed by atoms with Gasteiger partial charge in [0.2, 0.25) is 0 Å². The van der Waals surface area contributed by atoms with Gasteiger partial charge in [0.1, 0.15) is 0 Å². The van der Waals surface area contributed by atoms with Crippen molar-refractivity contribution in [3.05, 3.63) is 13.8 Å². The molecule has 0 aromatic heterocycles. The van der Waals surface area contributed by atoms with Gasteiger partial charge in [0, 0.05) is 0 Å². The Labute approximate surface area is 123 Å². The van der Waals surface area contributed by atoms with Crippen molar-refractivity contribution < 1.29 is 46.3 Å². The van der Waals surface area contributed by atoms with E-state index in [2.05, 4.69) is 39.1 Å². The fourth-order valence-electron chi connectivity index (χ4n) is 0. The van der Waals surface area contributed by atoms with Crippen molar-refractivity contribution in [3.63, 3.8) is 0 Å². The summed E-state index contributed by atoms with van der Waals surface area (Å²) < 4.78 is 16.5. The van der Waals surface area contributed by atoms with E-state index in [4.69, 9.17) is 6.80 Å². The summed E-state index contributed by atoms with van der Waals surface area (Å²) in [6, 6.07) is 0. The molecule has 0 fully saturated rings. The molecule has 0 saturated carbocycles. The van der Waals surface area contributed by atoms with Crippen LogP contribution in [0.3, 0.4) is 0 Å². The topological polar surface area (TPSA) is 34.1 Å². The summed E-state index contributed by atoms with van der Waals surface area (Å²) in [6.45, 7) is 6.75. The molecular formula is C4H10Mo2O2S4-2. The zero-order valence-electron chi connectivity index (χ0n) is 6.17. The largest absolute Gasteiger partial charge is 0.818 e. The van der Waals surface area contributed by atoms with Crippen molar-refractivity contribution in [2.24, 2.45) is 0 Å². The molecule has 0 unspecified atom stereocenters. The molecule has 0 saturated heterocycles. The molecule has 0 aliphatic carbocycles. The predicted molar refractivity (Wildman–Crippen MR) is 53.8 cm³/mol. The third-order valence-corrected chi connectivity index (χ3v) is 0. The average molecular weight is 410 g/mol. The summed E-state index contributed by atoms with van der Waals surface area (Å²) in [5.74, 6) is 0. The molecule has 76 valence electrons. The normalized spacial score (nSPS) is 3.83. The second-order valence-electron chi connectivity index (χ2n) is 0.471. The molecule has 12 heavy (non-hydrogen) atoms. The first-order valence-corrected chi connectivity index (χ1v) is 4.70. The van der Waals surface area contributed by atoms with E-state index in [1.807, 2.05) is 0 Å². The summed E-state index contributed by atoms with van der Waals surface area (Å²) >= 11 is 9.82. The number of hydrogen-bond donors (Lipinski definition) is 0. The van der Waals surface area contributed by atoms with Gasteiger partial charge in [-0.25, -0.2) is 0 Å². The molecule has 2 nitrogen and oxygen atoms in total. The van der Waals surface area contributed by atoms with Crippen LogP contribution in [0, 0.1) is 13.8 Å². The van der Waals surface area contributed by atoms with Crippen LogP contribution >= 0.6 is 0 Å². The Morgan fingerprint density at radius 1 is 1.08 bits per heavy atom. The maximum absolute atomic E-state index is 8.26. The van der Waals surface area contributed by atoms with Gasteiger partial charge < -0.3 is 77.6 Å². The van der Waals surface area contributed by atoms with Crippen molar-refractivity contribution in [1.82, 2.24) is 0 Å². The van der Waals surface area contributed by atoms with Gasteiger partial charge in [-0.05, 0) is 0 Å². The van der Waals surface area contributed by atoms with Crippen LogP contribution in [0.4, 0.5) is 0 Å². The van der Waals surface area contributed by atoms with Crippen LogP contribution in [0.2, 0.25) is 0 Å². The summed E-state index contributed by atoms with van der Waals surface area (Å²) in [6.07, 6.45) is 0.750. The molecular weight excluding hydrogens is 400 g/mol. The maximum atomic E-state index is 8.26. The molecule has 8 heteroatoms. The summed E-state index contributed by atoms with van der Waals surface area (Å²) in [7, 11) is 0. The first kappa shape index (κ1) is 36.7. The van der Waals surface area contributed by atoms with E-state index in [0.29, 0.717) is 44.6 Å². The van der Waals surface area contributed by atoms with Crippen molar-refractivity contribution in [2.45, 2.75) is 6.42 Å². The van der Waals surface area contributed by atoms with Crippen LogP contribution in [0.1, 0.15) is 6.42 Å². The van der Waals surface area contributed by atoms with Gasteiger partial charge in [0.15, 0.2) is 0 Å². The van der Waals surface area contributed by atoms with Gasteiger partial charge in [-0.3, -0.25) is 0 Å². The molecule has 0 aliphatic heterocycles. The molecule has 0 spiro atoms. The molecule has 0 radical (unpaired) electrons. The van der Waals surface area contributed by atoms with Crippen molar-refractivity contribution in [2.75, 3.05) is 5.08 Å². The van der Waals surface area contributed by atoms with Gasteiger partial charge in [-0.2, -0.15) is 0 Å². The Hall–Kier alpha value is 2.38. The molecule has 0 bridgehead atoms. The maximum Gasteiger partial charge on any atom is -0.307 e. The monoisotopic (exact) mass is 414 g/mol. The molecule has 0 aromatic rings.